The molecule has 0 aromatic heterocycles. The predicted octanol–water partition coefficient (Wildman–Crippen LogP) is 1.59. The van der Waals surface area contributed by atoms with Crippen LogP contribution in [0.4, 0.5) is 0 Å². The maximum absolute atomic E-state index is 12.7. The van der Waals surface area contributed by atoms with Crippen LogP contribution in [0.3, 0.4) is 0 Å². The van der Waals surface area contributed by atoms with Gasteiger partial charge in [-0.3, -0.25) is 4.79 Å². The zero-order valence-electron chi connectivity index (χ0n) is 13.9. The number of benzene rings is 1. The third kappa shape index (κ3) is 4.46. The number of carbonyl (C=O) groups is 1. The average molecular weight is 408 g/mol. The van der Waals surface area contributed by atoms with Crippen LogP contribution in [0.2, 0.25) is 5.02 Å². The maximum Gasteiger partial charge on any atom is 0.244 e. The number of hydrogen-bond donors (Lipinski definition) is 1. The summed E-state index contributed by atoms with van der Waals surface area (Å²) in [7, 11) is -3.61. The standard InChI is InChI=1S/C16H22ClN3O3S.ClH/c17-14-3-1-2-4-15(14)24(22,23)20-11-9-19(10-12-20)16(21)13-5-7-18-8-6-13;/h1-4,13,18H,5-12H2;1H. The molecule has 6 nitrogen and oxygen atoms in total. The van der Waals surface area contributed by atoms with Crippen molar-refractivity contribution in [3.05, 3.63) is 29.3 Å². The number of sulfonamides is 1. The molecular weight excluding hydrogens is 385 g/mol. The number of nitrogens with zero attached hydrogens (tertiary/aromatic N) is 2. The third-order valence-electron chi connectivity index (χ3n) is 4.69. The van der Waals surface area contributed by atoms with Gasteiger partial charge in [0.05, 0.1) is 5.02 Å². The van der Waals surface area contributed by atoms with E-state index in [4.69, 9.17) is 11.6 Å². The van der Waals surface area contributed by atoms with Gasteiger partial charge in [-0.15, -0.1) is 12.4 Å². The molecule has 1 N–H and O–H groups in total. The Morgan fingerprint density at radius 1 is 1.08 bits per heavy atom. The molecule has 0 atom stereocenters. The van der Waals surface area contributed by atoms with Crippen molar-refractivity contribution in [3.8, 4) is 0 Å². The largest absolute Gasteiger partial charge is 0.340 e. The van der Waals surface area contributed by atoms with E-state index in [9.17, 15) is 13.2 Å². The van der Waals surface area contributed by atoms with Crippen molar-refractivity contribution in [3.63, 3.8) is 0 Å². The lowest BCUT2D eigenvalue weighted by atomic mass is 9.96. The van der Waals surface area contributed by atoms with Gasteiger partial charge in [0.2, 0.25) is 15.9 Å². The van der Waals surface area contributed by atoms with Crippen molar-refractivity contribution in [2.45, 2.75) is 17.7 Å². The van der Waals surface area contributed by atoms with Gasteiger partial charge in [-0.1, -0.05) is 23.7 Å². The summed E-state index contributed by atoms with van der Waals surface area (Å²) < 4.78 is 26.8. The van der Waals surface area contributed by atoms with Crippen molar-refractivity contribution >= 4 is 39.9 Å². The Balaban J connectivity index is 0.00000225. The molecule has 2 heterocycles. The highest BCUT2D eigenvalue weighted by molar-refractivity contribution is 7.89. The Kier molecular flexibility index (Phi) is 7.10. The van der Waals surface area contributed by atoms with Gasteiger partial charge in [-0.05, 0) is 38.1 Å². The summed E-state index contributed by atoms with van der Waals surface area (Å²) in [5.41, 5.74) is 0. The Hall–Kier alpha value is -0.860. The summed E-state index contributed by atoms with van der Waals surface area (Å²) in [6.07, 6.45) is 1.72. The van der Waals surface area contributed by atoms with E-state index in [0.717, 1.165) is 25.9 Å². The highest BCUT2D eigenvalue weighted by Crippen LogP contribution is 2.25. The van der Waals surface area contributed by atoms with E-state index < -0.39 is 10.0 Å². The summed E-state index contributed by atoms with van der Waals surface area (Å²) in [5, 5.41) is 3.48. The zero-order chi connectivity index (χ0) is 17.2. The average Bonchev–Trinajstić information content (AvgIpc) is 2.62. The van der Waals surface area contributed by atoms with Crippen LogP contribution in [0.1, 0.15) is 12.8 Å². The molecule has 0 bridgehead atoms. The van der Waals surface area contributed by atoms with Gasteiger partial charge in [-0.2, -0.15) is 4.31 Å². The molecule has 0 radical (unpaired) electrons. The molecule has 3 rings (SSSR count). The second-order valence-corrected chi connectivity index (χ2v) is 8.50. The second-order valence-electron chi connectivity index (χ2n) is 6.18. The Morgan fingerprint density at radius 3 is 2.28 bits per heavy atom. The van der Waals surface area contributed by atoms with Gasteiger partial charge in [0.25, 0.3) is 0 Å². The van der Waals surface area contributed by atoms with E-state index in [1.54, 1.807) is 23.1 Å². The summed E-state index contributed by atoms with van der Waals surface area (Å²) in [6.45, 7) is 3.24. The Morgan fingerprint density at radius 2 is 1.68 bits per heavy atom. The second kappa shape index (κ2) is 8.68. The van der Waals surface area contributed by atoms with Crippen LogP contribution in [0, 0.1) is 5.92 Å². The number of carbonyl (C=O) groups excluding carboxylic acids is 1. The van der Waals surface area contributed by atoms with Crippen LogP contribution in [0.15, 0.2) is 29.2 Å². The topological polar surface area (TPSA) is 69.7 Å². The van der Waals surface area contributed by atoms with Gasteiger partial charge in [-0.25, -0.2) is 8.42 Å². The molecule has 0 aliphatic carbocycles. The Labute approximate surface area is 160 Å². The van der Waals surface area contributed by atoms with E-state index in [1.165, 1.54) is 10.4 Å². The summed E-state index contributed by atoms with van der Waals surface area (Å²) in [4.78, 5) is 14.5. The highest BCUT2D eigenvalue weighted by atomic mass is 35.5. The first-order valence-electron chi connectivity index (χ1n) is 8.24. The van der Waals surface area contributed by atoms with Crippen LogP contribution >= 0.6 is 24.0 Å². The SMILES string of the molecule is Cl.O=C(C1CCNCC1)N1CCN(S(=O)(=O)c2ccccc2Cl)CC1. The quantitative estimate of drug-likeness (QED) is 0.825. The van der Waals surface area contributed by atoms with E-state index >= 15 is 0 Å². The fourth-order valence-electron chi connectivity index (χ4n) is 3.27. The first-order valence-corrected chi connectivity index (χ1v) is 10.1. The van der Waals surface area contributed by atoms with Gasteiger partial charge >= 0.3 is 0 Å². The van der Waals surface area contributed by atoms with Crippen LogP contribution < -0.4 is 5.32 Å². The minimum atomic E-state index is -3.61. The van der Waals surface area contributed by atoms with Gasteiger partial charge in [0.1, 0.15) is 4.90 Å². The van der Waals surface area contributed by atoms with Crippen LogP contribution in [-0.4, -0.2) is 62.8 Å². The van der Waals surface area contributed by atoms with E-state index in [1.807, 2.05) is 0 Å². The minimum absolute atomic E-state index is 0. The molecular formula is C16H23Cl2N3O3S. The molecule has 0 saturated carbocycles. The fraction of sp³-hybridized carbons (Fsp3) is 0.562. The van der Waals surface area contributed by atoms with E-state index in [-0.39, 0.29) is 34.2 Å². The molecule has 1 aromatic carbocycles. The molecule has 2 fully saturated rings. The van der Waals surface area contributed by atoms with E-state index in [2.05, 4.69) is 5.32 Å². The number of hydrogen-bond acceptors (Lipinski definition) is 4. The van der Waals surface area contributed by atoms with Crippen molar-refractivity contribution in [2.75, 3.05) is 39.3 Å². The zero-order valence-corrected chi connectivity index (χ0v) is 16.2. The van der Waals surface area contributed by atoms with Gasteiger partial charge < -0.3 is 10.2 Å². The number of rotatable bonds is 3. The molecule has 1 amide bonds. The molecule has 25 heavy (non-hydrogen) atoms. The lowest BCUT2D eigenvalue weighted by Gasteiger charge is -2.36. The lowest BCUT2D eigenvalue weighted by Crippen LogP contribution is -2.52. The monoisotopic (exact) mass is 407 g/mol. The third-order valence-corrected chi connectivity index (χ3v) is 7.09. The summed E-state index contributed by atoms with van der Waals surface area (Å²) in [5.74, 6) is 0.226. The molecule has 0 spiro atoms. The molecule has 9 heteroatoms. The van der Waals surface area contributed by atoms with Crippen molar-refractivity contribution in [1.29, 1.82) is 0 Å². The van der Waals surface area contributed by atoms with Crippen LogP contribution in [0.25, 0.3) is 0 Å². The number of piperazine rings is 1. The summed E-state index contributed by atoms with van der Waals surface area (Å²) in [6, 6.07) is 6.46. The first-order chi connectivity index (χ1) is 11.5. The fourth-order valence-corrected chi connectivity index (χ4v) is 5.18. The maximum atomic E-state index is 12.7. The van der Waals surface area contributed by atoms with Crippen molar-refractivity contribution in [2.24, 2.45) is 5.92 Å². The van der Waals surface area contributed by atoms with Crippen LogP contribution in [0.5, 0.6) is 0 Å². The molecule has 140 valence electrons. The smallest absolute Gasteiger partial charge is 0.244 e. The summed E-state index contributed by atoms with van der Waals surface area (Å²) >= 11 is 6.03. The molecule has 0 unspecified atom stereocenters. The molecule has 1 aromatic rings. The van der Waals surface area contributed by atoms with Crippen molar-refractivity contribution < 1.29 is 13.2 Å². The number of nitrogens with one attached hydrogen (secondary N) is 1. The molecule has 2 aliphatic rings. The minimum Gasteiger partial charge on any atom is -0.340 e. The number of piperidine rings is 1. The van der Waals surface area contributed by atoms with Gasteiger partial charge in [0, 0.05) is 32.1 Å². The normalized spacial score (nSPS) is 20.1. The first kappa shape index (κ1) is 20.5. The number of halogens is 2. The number of amides is 1. The van der Waals surface area contributed by atoms with Crippen LogP contribution in [-0.2, 0) is 14.8 Å². The molecule has 2 saturated heterocycles. The predicted molar refractivity (Wildman–Crippen MR) is 99.6 cm³/mol. The van der Waals surface area contributed by atoms with E-state index in [0.29, 0.717) is 26.2 Å². The molecule has 2 aliphatic heterocycles. The van der Waals surface area contributed by atoms with Gasteiger partial charge in [0.15, 0.2) is 0 Å². The van der Waals surface area contributed by atoms with Crippen molar-refractivity contribution in [1.82, 2.24) is 14.5 Å². The Bertz CT molecular complexity index is 700. The highest BCUT2D eigenvalue weighted by Gasteiger charge is 2.33. The lowest BCUT2D eigenvalue weighted by molar-refractivity contribution is -0.137.